The van der Waals surface area contributed by atoms with Crippen LogP contribution >= 0.6 is 15.9 Å². The molecule has 0 aliphatic carbocycles. The summed E-state index contributed by atoms with van der Waals surface area (Å²) >= 11 is 3.49. The summed E-state index contributed by atoms with van der Waals surface area (Å²) in [6, 6.07) is 21.7. The van der Waals surface area contributed by atoms with Crippen LogP contribution in [0.4, 0.5) is 0 Å². The van der Waals surface area contributed by atoms with Crippen molar-refractivity contribution in [2.75, 3.05) is 0 Å². The number of ketones is 1. The van der Waals surface area contributed by atoms with Crippen LogP contribution in [0.1, 0.15) is 35.2 Å². The van der Waals surface area contributed by atoms with Gasteiger partial charge in [-0.15, -0.1) is 0 Å². The first-order chi connectivity index (χ1) is 15.9. The minimum atomic E-state index is -0.703. The molecule has 33 heavy (non-hydrogen) atoms. The Bertz CT molecular complexity index is 1280. The van der Waals surface area contributed by atoms with E-state index < -0.39 is 17.7 Å². The Kier molecular flexibility index (Phi) is 5.54. The monoisotopic (exact) mass is 503 g/mol. The van der Waals surface area contributed by atoms with E-state index in [-0.39, 0.29) is 24.0 Å². The normalized spacial score (nSPS) is 21.2. The van der Waals surface area contributed by atoms with E-state index >= 15 is 0 Å². The third-order valence-electron chi connectivity index (χ3n) is 6.07. The van der Waals surface area contributed by atoms with Gasteiger partial charge in [0.25, 0.3) is 11.7 Å². The van der Waals surface area contributed by atoms with Crippen LogP contribution in [0, 0.1) is 0 Å². The van der Waals surface area contributed by atoms with E-state index in [9.17, 15) is 14.7 Å². The number of hydrogen-bond acceptors (Lipinski definition) is 4. The van der Waals surface area contributed by atoms with Gasteiger partial charge in [0.05, 0.1) is 11.6 Å². The fraction of sp³-hybridized carbons (Fsp3) is 0.185. The van der Waals surface area contributed by atoms with E-state index in [1.807, 2.05) is 73.7 Å². The fourth-order valence-corrected chi connectivity index (χ4v) is 4.99. The molecule has 1 N–H and O–H groups in total. The molecule has 0 spiro atoms. The molecular formula is C27H22BrNO4. The molecule has 1 amide bonds. The average molecular weight is 504 g/mol. The number of halogens is 1. The molecule has 0 saturated carbocycles. The first-order valence-electron chi connectivity index (χ1n) is 10.8. The van der Waals surface area contributed by atoms with E-state index in [0.717, 1.165) is 33.3 Å². The summed E-state index contributed by atoms with van der Waals surface area (Å²) in [6.45, 7) is 2.25. The van der Waals surface area contributed by atoms with Crippen LogP contribution in [0.2, 0.25) is 0 Å². The summed E-state index contributed by atoms with van der Waals surface area (Å²) in [4.78, 5) is 27.9. The lowest BCUT2D eigenvalue weighted by Gasteiger charge is -2.25. The van der Waals surface area contributed by atoms with Crippen LogP contribution in [0.3, 0.4) is 0 Å². The van der Waals surface area contributed by atoms with Gasteiger partial charge in [-0.3, -0.25) is 9.59 Å². The molecule has 166 valence electrons. The highest BCUT2D eigenvalue weighted by Crippen LogP contribution is 2.41. The van der Waals surface area contributed by atoms with Gasteiger partial charge in [0.2, 0.25) is 0 Å². The van der Waals surface area contributed by atoms with E-state index in [4.69, 9.17) is 4.74 Å². The van der Waals surface area contributed by atoms with Gasteiger partial charge in [-0.2, -0.15) is 0 Å². The van der Waals surface area contributed by atoms with Crippen LogP contribution in [-0.2, 0) is 22.6 Å². The molecule has 6 heteroatoms. The molecule has 0 aromatic heterocycles. The van der Waals surface area contributed by atoms with Gasteiger partial charge < -0.3 is 14.7 Å². The zero-order valence-corrected chi connectivity index (χ0v) is 19.6. The number of carbonyl (C=O) groups excluding carboxylic acids is 2. The van der Waals surface area contributed by atoms with E-state index in [0.29, 0.717) is 5.56 Å². The summed E-state index contributed by atoms with van der Waals surface area (Å²) in [5.74, 6) is -0.689. The highest BCUT2D eigenvalue weighted by Gasteiger charge is 2.46. The molecule has 2 atom stereocenters. The summed E-state index contributed by atoms with van der Waals surface area (Å²) in [5, 5.41) is 11.3. The molecule has 2 aliphatic heterocycles. The highest BCUT2D eigenvalue weighted by molar-refractivity contribution is 9.10. The molecule has 0 bridgehead atoms. The Labute approximate surface area is 200 Å². The van der Waals surface area contributed by atoms with E-state index in [1.165, 1.54) is 4.90 Å². The summed E-state index contributed by atoms with van der Waals surface area (Å²) in [6.07, 6.45) is 0.795. The van der Waals surface area contributed by atoms with Crippen LogP contribution < -0.4 is 4.74 Å². The number of amides is 1. The molecule has 1 fully saturated rings. The maximum atomic E-state index is 13.2. The highest BCUT2D eigenvalue weighted by atomic mass is 79.9. The largest absolute Gasteiger partial charge is 0.507 e. The number of nitrogens with zero attached hydrogens (tertiary/aromatic N) is 1. The lowest BCUT2D eigenvalue weighted by molar-refractivity contribution is -0.140. The summed E-state index contributed by atoms with van der Waals surface area (Å²) in [7, 11) is 0. The second kappa shape index (κ2) is 8.52. The maximum absolute atomic E-state index is 13.2. The van der Waals surface area contributed by atoms with Crippen LogP contribution in [-0.4, -0.2) is 27.8 Å². The molecule has 5 rings (SSSR count). The van der Waals surface area contributed by atoms with Crippen molar-refractivity contribution in [2.45, 2.75) is 32.0 Å². The van der Waals surface area contributed by atoms with Crippen LogP contribution in [0.15, 0.2) is 82.8 Å². The van der Waals surface area contributed by atoms with Crippen molar-refractivity contribution >= 4 is 33.4 Å². The van der Waals surface area contributed by atoms with Crippen molar-refractivity contribution in [2.24, 2.45) is 0 Å². The summed E-state index contributed by atoms with van der Waals surface area (Å²) < 4.78 is 6.59. The van der Waals surface area contributed by atoms with E-state index in [1.54, 1.807) is 6.07 Å². The van der Waals surface area contributed by atoms with Crippen LogP contribution in [0.5, 0.6) is 5.75 Å². The molecule has 0 radical (unpaired) electrons. The van der Waals surface area contributed by atoms with Crippen molar-refractivity contribution in [1.82, 2.24) is 4.90 Å². The topological polar surface area (TPSA) is 66.8 Å². The second-order valence-corrected chi connectivity index (χ2v) is 9.34. The van der Waals surface area contributed by atoms with Gasteiger partial charge in [-0.05, 0) is 53.9 Å². The Morgan fingerprint density at radius 2 is 1.85 bits per heavy atom. The van der Waals surface area contributed by atoms with Gasteiger partial charge in [-0.1, -0.05) is 58.4 Å². The average Bonchev–Trinajstić information content (AvgIpc) is 3.30. The molecule has 1 saturated heterocycles. The number of aliphatic hydroxyl groups is 1. The van der Waals surface area contributed by atoms with Gasteiger partial charge in [0, 0.05) is 23.0 Å². The zero-order valence-electron chi connectivity index (χ0n) is 18.0. The summed E-state index contributed by atoms with van der Waals surface area (Å²) in [5.41, 5.74) is 3.23. The predicted octanol–water partition coefficient (Wildman–Crippen LogP) is 5.39. The van der Waals surface area contributed by atoms with Crippen LogP contribution in [0.25, 0.3) is 5.76 Å². The maximum Gasteiger partial charge on any atom is 0.295 e. The molecule has 3 aromatic carbocycles. The Morgan fingerprint density at radius 3 is 2.61 bits per heavy atom. The molecule has 2 aliphatic rings. The second-order valence-electron chi connectivity index (χ2n) is 8.42. The number of Topliss-reactive ketones (excluding diaryl/α,β-unsaturated/α-hetero) is 1. The standard InChI is InChI=1S/C27H22BrNO4/c1-16-12-20-13-19(10-11-22(20)33-16)25(30)23-24(18-8-5-9-21(28)14-18)29(27(32)26(23)31)15-17-6-3-2-4-7-17/h2-11,13-14,16,24,30H,12,15H2,1H3/b25-23+. The molecule has 2 heterocycles. The number of fused-ring (bicyclic) bond motifs is 1. The number of hydrogen-bond donors (Lipinski definition) is 1. The zero-order chi connectivity index (χ0) is 23.1. The van der Waals surface area contributed by atoms with Crippen molar-refractivity contribution in [3.8, 4) is 5.75 Å². The SMILES string of the molecule is CC1Cc2cc(/C(O)=C3\C(=O)C(=O)N(Cc4ccccc4)C3c3cccc(Br)c3)ccc2O1. The smallest absolute Gasteiger partial charge is 0.295 e. The van der Waals surface area contributed by atoms with Gasteiger partial charge in [0.1, 0.15) is 17.6 Å². The Balaban J connectivity index is 1.64. The number of likely N-dealkylation sites (tertiary alicyclic amines) is 1. The minimum absolute atomic E-state index is 0.0653. The minimum Gasteiger partial charge on any atom is -0.507 e. The number of benzene rings is 3. The number of ether oxygens (including phenoxy) is 1. The molecular weight excluding hydrogens is 482 g/mol. The molecule has 3 aromatic rings. The lowest BCUT2D eigenvalue weighted by Crippen LogP contribution is -2.29. The number of carbonyl (C=O) groups is 2. The third-order valence-corrected chi connectivity index (χ3v) is 6.56. The van der Waals surface area contributed by atoms with Crippen molar-refractivity contribution in [3.05, 3.63) is 105 Å². The first-order valence-corrected chi connectivity index (χ1v) is 11.6. The quantitative estimate of drug-likeness (QED) is 0.294. The molecule has 5 nitrogen and oxygen atoms in total. The van der Waals surface area contributed by atoms with Gasteiger partial charge in [0.15, 0.2) is 0 Å². The number of aliphatic hydroxyl groups excluding tert-OH is 1. The van der Waals surface area contributed by atoms with Crippen molar-refractivity contribution < 1.29 is 19.4 Å². The fourth-order valence-electron chi connectivity index (χ4n) is 4.57. The third kappa shape index (κ3) is 3.95. The lowest BCUT2D eigenvalue weighted by atomic mass is 9.94. The van der Waals surface area contributed by atoms with Crippen molar-refractivity contribution in [1.29, 1.82) is 0 Å². The molecule has 2 unspecified atom stereocenters. The van der Waals surface area contributed by atoms with Gasteiger partial charge in [-0.25, -0.2) is 0 Å². The van der Waals surface area contributed by atoms with Gasteiger partial charge >= 0.3 is 0 Å². The Morgan fingerprint density at radius 1 is 1.06 bits per heavy atom. The van der Waals surface area contributed by atoms with E-state index in [2.05, 4.69) is 15.9 Å². The number of rotatable bonds is 4. The first kappa shape index (κ1) is 21.5. The Hall–Kier alpha value is -3.38. The van der Waals surface area contributed by atoms with Crippen molar-refractivity contribution in [3.63, 3.8) is 0 Å². The predicted molar refractivity (Wildman–Crippen MR) is 129 cm³/mol.